The highest BCUT2D eigenvalue weighted by Crippen LogP contribution is 2.23. The molecule has 0 aliphatic rings. The Morgan fingerprint density at radius 3 is 2.41 bits per heavy atom. The SMILES string of the molecule is CCOc1cccc(-c2cc(C(=O)N/N=C(\C)c3ccc(-c4ccccc4)cc3)[nH]n2)c1. The number of benzene rings is 3. The summed E-state index contributed by atoms with van der Waals surface area (Å²) in [6.07, 6.45) is 0. The second-order valence-corrected chi connectivity index (χ2v) is 7.21. The maximum atomic E-state index is 12.5. The molecule has 1 aromatic heterocycles. The van der Waals surface area contributed by atoms with Crippen LogP contribution in [0.25, 0.3) is 22.4 Å². The predicted molar refractivity (Wildman–Crippen MR) is 127 cm³/mol. The number of hydrogen-bond donors (Lipinski definition) is 2. The van der Waals surface area contributed by atoms with Crippen LogP contribution in [-0.2, 0) is 0 Å². The Labute approximate surface area is 187 Å². The van der Waals surface area contributed by atoms with Gasteiger partial charge in [-0.2, -0.15) is 10.2 Å². The van der Waals surface area contributed by atoms with Crippen LogP contribution in [-0.4, -0.2) is 28.4 Å². The monoisotopic (exact) mass is 424 g/mol. The normalized spacial score (nSPS) is 11.2. The molecule has 1 amide bonds. The lowest BCUT2D eigenvalue weighted by atomic mass is 10.0. The number of carbonyl (C=O) groups is 1. The molecular formula is C26H24N4O2. The van der Waals surface area contributed by atoms with E-state index in [9.17, 15) is 4.79 Å². The molecule has 0 spiro atoms. The van der Waals surface area contributed by atoms with Gasteiger partial charge in [0, 0.05) is 5.56 Å². The Kier molecular flexibility index (Phi) is 6.41. The highest BCUT2D eigenvalue weighted by atomic mass is 16.5. The van der Waals surface area contributed by atoms with Crippen LogP contribution in [0.1, 0.15) is 29.9 Å². The third kappa shape index (κ3) is 4.92. The smallest absolute Gasteiger partial charge is 0.289 e. The average molecular weight is 425 g/mol. The fourth-order valence-corrected chi connectivity index (χ4v) is 3.29. The van der Waals surface area contributed by atoms with E-state index >= 15 is 0 Å². The minimum Gasteiger partial charge on any atom is -0.494 e. The first-order valence-electron chi connectivity index (χ1n) is 10.4. The highest BCUT2D eigenvalue weighted by Gasteiger charge is 2.11. The number of aromatic nitrogens is 2. The first-order valence-corrected chi connectivity index (χ1v) is 10.4. The predicted octanol–water partition coefficient (Wildman–Crippen LogP) is 5.30. The zero-order valence-electron chi connectivity index (χ0n) is 18.0. The van der Waals surface area contributed by atoms with Crippen molar-refractivity contribution in [1.29, 1.82) is 0 Å². The lowest BCUT2D eigenvalue weighted by molar-refractivity contribution is 0.0950. The molecule has 0 aliphatic carbocycles. The molecule has 0 saturated heterocycles. The van der Waals surface area contributed by atoms with Crippen LogP contribution >= 0.6 is 0 Å². The van der Waals surface area contributed by atoms with Crippen molar-refractivity contribution in [1.82, 2.24) is 15.6 Å². The van der Waals surface area contributed by atoms with E-state index in [-0.39, 0.29) is 5.91 Å². The molecule has 0 saturated carbocycles. The molecule has 0 radical (unpaired) electrons. The van der Waals surface area contributed by atoms with Gasteiger partial charge < -0.3 is 4.74 Å². The lowest BCUT2D eigenvalue weighted by Gasteiger charge is -2.05. The number of carbonyl (C=O) groups excluding carboxylic acids is 1. The lowest BCUT2D eigenvalue weighted by Crippen LogP contribution is -2.19. The second-order valence-electron chi connectivity index (χ2n) is 7.21. The molecule has 32 heavy (non-hydrogen) atoms. The van der Waals surface area contributed by atoms with Crippen LogP contribution in [0.3, 0.4) is 0 Å². The van der Waals surface area contributed by atoms with Gasteiger partial charge >= 0.3 is 0 Å². The van der Waals surface area contributed by atoms with Gasteiger partial charge in [-0.15, -0.1) is 0 Å². The Morgan fingerprint density at radius 2 is 1.66 bits per heavy atom. The summed E-state index contributed by atoms with van der Waals surface area (Å²) in [5, 5.41) is 11.3. The largest absolute Gasteiger partial charge is 0.494 e. The van der Waals surface area contributed by atoms with E-state index in [0.717, 1.165) is 28.0 Å². The van der Waals surface area contributed by atoms with Gasteiger partial charge in [0.2, 0.25) is 0 Å². The topological polar surface area (TPSA) is 79.4 Å². The molecule has 0 bridgehead atoms. The van der Waals surface area contributed by atoms with E-state index in [1.165, 1.54) is 0 Å². The third-order valence-electron chi connectivity index (χ3n) is 5.00. The van der Waals surface area contributed by atoms with Crippen LogP contribution < -0.4 is 10.2 Å². The van der Waals surface area contributed by atoms with Crippen molar-refractivity contribution in [3.05, 3.63) is 96.2 Å². The molecule has 3 aromatic carbocycles. The summed E-state index contributed by atoms with van der Waals surface area (Å²) in [6.45, 7) is 4.38. The van der Waals surface area contributed by atoms with E-state index < -0.39 is 0 Å². The highest BCUT2D eigenvalue weighted by molar-refractivity contribution is 6.01. The van der Waals surface area contributed by atoms with E-state index in [0.29, 0.717) is 23.7 Å². The Morgan fingerprint density at radius 1 is 0.938 bits per heavy atom. The van der Waals surface area contributed by atoms with Crippen molar-refractivity contribution in [3.63, 3.8) is 0 Å². The van der Waals surface area contributed by atoms with Crippen molar-refractivity contribution < 1.29 is 9.53 Å². The van der Waals surface area contributed by atoms with E-state index in [1.807, 2.05) is 80.6 Å². The molecule has 4 rings (SSSR count). The van der Waals surface area contributed by atoms with Gasteiger partial charge in [-0.25, -0.2) is 5.43 Å². The zero-order chi connectivity index (χ0) is 22.3. The fraction of sp³-hybridized carbons (Fsp3) is 0.115. The van der Waals surface area contributed by atoms with Crippen molar-refractivity contribution >= 4 is 11.6 Å². The quantitative estimate of drug-likeness (QED) is 0.312. The number of nitrogens with zero attached hydrogens (tertiary/aromatic N) is 2. The fourth-order valence-electron chi connectivity index (χ4n) is 3.29. The van der Waals surface area contributed by atoms with Gasteiger partial charge in [0.1, 0.15) is 11.4 Å². The molecule has 0 unspecified atom stereocenters. The number of amides is 1. The summed E-state index contributed by atoms with van der Waals surface area (Å²) in [4.78, 5) is 12.5. The van der Waals surface area contributed by atoms with Crippen LogP contribution in [0.2, 0.25) is 0 Å². The maximum Gasteiger partial charge on any atom is 0.289 e. The Hall–Kier alpha value is -4.19. The molecule has 2 N–H and O–H groups in total. The molecule has 0 atom stereocenters. The van der Waals surface area contributed by atoms with Gasteiger partial charge in [0.25, 0.3) is 5.91 Å². The average Bonchev–Trinajstić information content (AvgIpc) is 3.34. The molecule has 1 heterocycles. The third-order valence-corrected chi connectivity index (χ3v) is 5.00. The van der Waals surface area contributed by atoms with Gasteiger partial charge in [-0.3, -0.25) is 9.89 Å². The second kappa shape index (κ2) is 9.75. The summed E-state index contributed by atoms with van der Waals surface area (Å²) in [6, 6.07) is 27.5. The Balaban J connectivity index is 1.42. The molecular weight excluding hydrogens is 400 g/mol. The van der Waals surface area contributed by atoms with Gasteiger partial charge in [-0.1, -0.05) is 66.7 Å². The maximum absolute atomic E-state index is 12.5. The van der Waals surface area contributed by atoms with Crippen molar-refractivity contribution in [2.24, 2.45) is 5.10 Å². The number of hydrazone groups is 1. The van der Waals surface area contributed by atoms with Gasteiger partial charge in [-0.05, 0) is 48.7 Å². The molecule has 6 nitrogen and oxygen atoms in total. The van der Waals surface area contributed by atoms with Crippen LogP contribution in [0.4, 0.5) is 0 Å². The number of aromatic amines is 1. The first kappa shape index (κ1) is 21.1. The molecule has 4 aromatic rings. The molecule has 160 valence electrons. The molecule has 6 heteroatoms. The molecule has 0 aliphatic heterocycles. The minimum absolute atomic E-state index is 0.331. The summed E-state index contributed by atoms with van der Waals surface area (Å²) < 4.78 is 5.53. The first-order chi connectivity index (χ1) is 15.6. The van der Waals surface area contributed by atoms with Crippen molar-refractivity contribution in [2.75, 3.05) is 6.61 Å². The van der Waals surface area contributed by atoms with Crippen molar-refractivity contribution in [2.45, 2.75) is 13.8 Å². The van der Waals surface area contributed by atoms with E-state index in [2.05, 4.69) is 32.9 Å². The van der Waals surface area contributed by atoms with Crippen LogP contribution in [0.5, 0.6) is 5.75 Å². The summed E-state index contributed by atoms with van der Waals surface area (Å²) >= 11 is 0. The Bertz CT molecular complexity index is 1230. The number of hydrogen-bond acceptors (Lipinski definition) is 4. The van der Waals surface area contributed by atoms with E-state index in [1.54, 1.807) is 6.07 Å². The summed E-state index contributed by atoms with van der Waals surface area (Å²) in [5.74, 6) is 0.405. The number of H-pyrrole nitrogens is 1. The number of rotatable bonds is 7. The van der Waals surface area contributed by atoms with E-state index in [4.69, 9.17) is 4.74 Å². The number of nitrogens with one attached hydrogen (secondary N) is 2. The van der Waals surface area contributed by atoms with Gasteiger partial charge in [0.15, 0.2) is 0 Å². The zero-order valence-corrected chi connectivity index (χ0v) is 18.0. The number of ether oxygens (including phenoxy) is 1. The summed E-state index contributed by atoms with van der Waals surface area (Å²) in [5.41, 5.74) is 8.38. The van der Waals surface area contributed by atoms with Crippen molar-refractivity contribution in [3.8, 4) is 28.1 Å². The van der Waals surface area contributed by atoms with Crippen LogP contribution in [0.15, 0.2) is 90.0 Å². The van der Waals surface area contributed by atoms with Gasteiger partial charge in [0.05, 0.1) is 18.0 Å². The minimum atomic E-state index is -0.357. The van der Waals surface area contributed by atoms with Crippen LogP contribution in [0, 0.1) is 0 Å². The standard InChI is InChI=1S/C26H24N4O2/c1-3-32-23-11-7-10-22(16-23)24-17-25(29-28-24)26(31)30-27-18(2)19-12-14-21(15-13-19)20-8-5-4-6-9-20/h4-17H,3H2,1-2H3,(H,28,29)(H,30,31)/b27-18+. The molecule has 0 fully saturated rings. The summed E-state index contributed by atoms with van der Waals surface area (Å²) in [7, 11) is 0.